The summed E-state index contributed by atoms with van der Waals surface area (Å²) in [5.41, 5.74) is 3.16. The molecule has 1 aromatic rings. The molecule has 0 saturated heterocycles. The standard InChI is InChI=1S/C17H24N2O3S/c1-19(2)23(21,22)10-8-16(20)18-12-14-11-17(14)9-7-13-5-3-4-6-15(13)17/h3-6,14H,7-12H2,1-2H3,(H,18,20)/t14-,17+/m0/s1. The van der Waals surface area contributed by atoms with E-state index in [1.807, 2.05) is 0 Å². The van der Waals surface area contributed by atoms with E-state index in [0.717, 1.165) is 17.1 Å². The van der Waals surface area contributed by atoms with Crippen molar-refractivity contribution < 1.29 is 13.2 Å². The smallest absolute Gasteiger partial charge is 0.221 e. The van der Waals surface area contributed by atoms with E-state index >= 15 is 0 Å². The first-order valence-corrected chi connectivity index (χ1v) is 9.71. The fourth-order valence-corrected chi connectivity index (χ4v) is 4.54. The molecule has 126 valence electrons. The molecule has 3 rings (SSSR count). The van der Waals surface area contributed by atoms with E-state index in [-0.39, 0.29) is 23.5 Å². The molecule has 1 amide bonds. The number of benzene rings is 1. The van der Waals surface area contributed by atoms with Crippen LogP contribution < -0.4 is 5.32 Å². The molecule has 0 unspecified atom stereocenters. The Bertz CT molecular complexity index is 714. The van der Waals surface area contributed by atoms with Gasteiger partial charge in [0.05, 0.1) is 5.75 Å². The Morgan fingerprint density at radius 3 is 2.83 bits per heavy atom. The number of carbonyl (C=O) groups excluding carboxylic acids is 1. The molecule has 2 aliphatic rings. The Labute approximate surface area is 138 Å². The van der Waals surface area contributed by atoms with Crippen molar-refractivity contribution in [1.82, 2.24) is 9.62 Å². The van der Waals surface area contributed by atoms with Gasteiger partial charge in [0.2, 0.25) is 15.9 Å². The third kappa shape index (κ3) is 3.15. The van der Waals surface area contributed by atoms with Gasteiger partial charge in [-0.1, -0.05) is 24.3 Å². The Morgan fingerprint density at radius 2 is 2.09 bits per heavy atom. The zero-order valence-electron chi connectivity index (χ0n) is 13.7. The molecule has 23 heavy (non-hydrogen) atoms. The van der Waals surface area contributed by atoms with E-state index in [1.165, 1.54) is 31.6 Å². The first-order chi connectivity index (χ1) is 10.8. The SMILES string of the molecule is CN(C)S(=O)(=O)CCC(=O)NC[C@@H]1C[C@]12CCc1ccccc12. The topological polar surface area (TPSA) is 66.5 Å². The summed E-state index contributed by atoms with van der Waals surface area (Å²) in [6.07, 6.45) is 3.45. The second kappa shape index (κ2) is 5.91. The predicted octanol–water partition coefficient (Wildman–Crippen LogP) is 1.29. The van der Waals surface area contributed by atoms with Gasteiger partial charge in [0.15, 0.2) is 0 Å². The molecule has 1 aromatic carbocycles. The maximum Gasteiger partial charge on any atom is 0.221 e. The maximum absolute atomic E-state index is 11.9. The zero-order valence-corrected chi connectivity index (χ0v) is 14.5. The lowest BCUT2D eigenvalue weighted by Gasteiger charge is -2.13. The molecule has 2 aliphatic carbocycles. The summed E-state index contributed by atoms with van der Waals surface area (Å²) in [6.45, 7) is 0.648. The van der Waals surface area contributed by atoms with Crippen LogP contribution in [0.25, 0.3) is 0 Å². The minimum absolute atomic E-state index is 0.0246. The molecule has 0 bridgehead atoms. The van der Waals surface area contributed by atoms with E-state index in [4.69, 9.17) is 0 Å². The first-order valence-electron chi connectivity index (χ1n) is 8.10. The molecule has 1 N–H and O–H groups in total. The normalized spacial score (nSPS) is 25.6. The van der Waals surface area contributed by atoms with Crippen molar-refractivity contribution in [2.45, 2.75) is 31.1 Å². The summed E-state index contributed by atoms with van der Waals surface area (Å²) in [4.78, 5) is 11.9. The number of nitrogens with one attached hydrogen (secondary N) is 1. The molecule has 1 spiro atoms. The van der Waals surface area contributed by atoms with E-state index in [0.29, 0.717) is 12.5 Å². The molecule has 0 radical (unpaired) electrons. The molecular formula is C17H24N2O3S. The van der Waals surface area contributed by atoms with Gasteiger partial charge in [0.1, 0.15) is 0 Å². The van der Waals surface area contributed by atoms with Crippen molar-refractivity contribution in [2.75, 3.05) is 26.4 Å². The maximum atomic E-state index is 11.9. The van der Waals surface area contributed by atoms with Gasteiger partial charge < -0.3 is 5.32 Å². The van der Waals surface area contributed by atoms with Crippen LogP contribution in [0.2, 0.25) is 0 Å². The van der Waals surface area contributed by atoms with E-state index < -0.39 is 10.0 Å². The van der Waals surface area contributed by atoms with Crippen LogP contribution in [0.4, 0.5) is 0 Å². The van der Waals surface area contributed by atoms with Gasteiger partial charge in [-0.25, -0.2) is 12.7 Å². The Balaban J connectivity index is 1.49. The number of sulfonamides is 1. The second-order valence-corrected chi connectivity index (χ2v) is 9.17. The summed E-state index contributed by atoms with van der Waals surface area (Å²) in [6, 6.07) is 8.59. The quantitative estimate of drug-likeness (QED) is 0.851. The Hall–Kier alpha value is -1.40. The van der Waals surface area contributed by atoms with Crippen molar-refractivity contribution in [1.29, 1.82) is 0 Å². The van der Waals surface area contributed by atoms with Crippen molar-refractivity contribution in [2.24, 2.45) is 5.92 Å². The van der Waals surface area contributed by atoms with Crippen LogP contribution in [0, 0.1) is 5.92 Å². The van der Waals surface area contributed by atoms with E-state index in [1.54, 1.807) is 0 Å². The number of carbonyl (C=O) groups is 1. The summed E-state index contributed by atoms with van der Waals surface area (Å²) >= 11 is 0. The summed E-state index contributed by atoms with van der Waals surface area (Å²) in [5.74, 6) is 0.175. The Kier molecular flexibility index (Phi) is 4.23. The monoisotopic (exact) mass is 336 g/mol. The lowest BCUT2D eigenvalue weighted by molar-refractivity contribution is -0.120. The summed E-state index contributed by atoms with van der Waals surface area (Å²) in [5, 5.41) is 2.92. The van der Waals surface area contributed by atoms with Crippen LogP contribution in [0.5, 0.6) is 0 Å². The predicted molar refractivity (Wildman–Crippen MR) is 89.6 cm³/mol. The van der Waals surface area contributed by atoms with Gasteiger partial charge in [-0.3, -0.25) is 4.79 Å². The van der Waals surface area contributed by atoms with E-state index in [9.17, 15) is 13.2 Å². The lowest BCUT2D eigenvalue weighted by atomic mass is 9.95. The average molecular weight is 336 g/mol. The van der Waals surface area contributed by atoms with Crippen LogP contribution in [0.1, 0.15) is 30.4 Å². The molecular weight excluding hydrogens is 312 g/mol. The van der Waals surface area contributed by atoms with Crippen molar-refractivity contribution in [3.8, 4) is 0 Å². The Morgan fingerprint density at radius 1 is 1.35 bits per heavy atom. The molecule has 0 aromatic heterocycles. The number of hydrogen-bond acceptors (Lipinski definition) is 3. The van der Waals surface area contributed by atoms with Crippen LogP contribution in [-0.4, -0.2) is 45.0 Å². The molecule has 0 aliphatic heterocycles. The number of amides is 1. The van der Waals surface area contributed by atoms with Crippen molar-refractivity contribution >= 4 is 15.9 Å². The minimum Gasteiger partial charge on any atom is -0.356 e. The summed E-state index contributed by atoms with van der Waals surface area (Å²) < 4.78 is 24.5. The van der Waals surface area contributed by atoms with E-state index in [2.05, 4.69) is 29.6 Å². The van der Waals surface area contributed by atoms with Gasteiger partial charge in [-0.05, 0) is 36.3 Å². The highest BCUT2D eigenvalue weighted by Crippen LogP contribution is 2.61. The molecule has 1 fully saturated rings. The molecule has 0 heterocycles. The number of fused-ring (bicyclic) bond motifs is 2. The number of aryl methyl sites for hydroxylation is 1. The largest absolute Gasteiger partial charge is 0.356 e. The van der Waals surface area contributed by atoms with Crippen LogP contribution in [0.3, 0.4) is 0 Å². The van der Waals surface area contributed by atoms with Crippen LogP contribution >= 0.6 is 0 Å². The van der Waals surface area contributed by atoms with Gasteiger partial charge in [0, 0.05) is 32.5 Å². The first kappa shape index (κ1) is 16.5. The third-order valence-corrected chi connectivity index (χ3v) is 7.15. The van der Waals surface area contributed by atoms with Gasteiger partial charge >= 0.3 is 0 Å². The van der Waals surface area contributed by atoms with Crippen LogP contribution in [-0.2, 0) is 26.7 Å². The fourth-order valence-electron chi connectivity index (χ4n) is 3.73. The zero-order chi connectivity index (χ0) is 16.7. The number of hydrogen-bond donors (Lipinski definition) is 1. The minimum atomic E-state index is -3.31. The molecule has 1 saturated carbocycles. The highest BCUT2D eigenvalue weighted by Gasteiger charge is 2.57. The number of nitrogens with zero attached hydrogens (tertiary/aromatic N) is 1. The highest BCUT2D eigenvalue weighted by molar-refractivity contribution is 7.89. The second-order valence-electron chi connectivity index (χ2n) is 6.87. The molecule has 6 heteroatoms. The average Bonchev–Trinajstić information content (AvgIpc) is 3.10. The van der Waals surface area contributed by atoms with Gasteiger partial charge in [-0.2, -0.15) is 0 Å². The van der Waals surface area contributed by atoms with Crippen molar-refractivity contribution in [3.63, 3.8) is 0 Å². The lowest BCUT2D eigenvalue weighted by Crippen LogP contribution is -2.32. The van der Waals surface area contributed by atoms with Crippen molar-refractivity contribution in [3.05, 3.63) is 35.4 Å². The molecule has 2 atom stereocenters. The van der Waals surface area contributed by atoms with Gasteiger partial charge in [-0.15, -0.1) is 0 Å². The fraction of sp³-hybridized carbons (Fsp3) is 0.588. The van der Waals surface area contributed by atoms with Gasteiger partial charge in [0.25, 0.3) is 0 Å². The van der Waals surface area contributed by atoms with Crippen LogP contribution in [0.15, 0.2) is 24.3 Å². The summed E-state index contributed by atoms with van der Waals surface area (Å²) in [7, 11) is -0.336. The number of rotatable bonds is 6. The highest BCUT2D eigenvalue weighted by atomic mass is 32.2. The molecule has 5 nitrogen and oxygen atoms in total. The third-order valence-electron chi connectivity index (χ3n) is 5.32.